The van der Waals surface area contributed by atoms with E-state index in [0.717, 1.165) is 12.6 Å². The van der Waals surface area contributed by atoms with E-state index in [-0.39, 0.29) is 0 Å². The van der Waals surface area contributed by atoms with E-state index in [2.05, 4.69) is 14.7 Å². The van der Waals surface area contributed by atoms with Crippen molar-refractivity contribution in [1.82, 2.24) is 0 Å². The third kappa shape index (κ3) is 6.83. The molecule has 0 atom stereocenters. The van der Waals surface area contributed by atoms with E-state index in [0.29, 0.717) is 13.2 Å². The van der Waals surface area contributed by atoms with Gasteiger partial charge in [-0.1, -0.05) is 12.1 Å². The molecule has 0 fully saturated rings. The fraction of sp³-hybridized carbons (Fsp3) is 0.714. The van der Waals surface area contributed by atoms with Gasteiger partial charge in [0.05, 0.1) is 6.61 Å². The number of nitrogens with zero attached hydrogens (tertiary/aromatic N) is 1. The van der Waals surface area contributed by atoms with Crippen molar-refractivity contribution in [1.29, 1.82) is 0 Å². The van der Waals surface area contributed by atoms with Crippen LogP contribution in [0.5, 0.6) is 0 Å². The number of carbonyl (C=O) groups excluding carboxylic acids is 1. The smallest absolute Gasteiger partial charge is 0.352 e. The fourth-order valence-electron chi connectivity index (χ4n) is 0.404. The maximum atomic E-state index is 10.6. The Morgan fingerprint density at radius 3 is 2.82 bits per heavy atom. The monoisotopic (exact) mass is 159 g/mol. The molecule has 0 N–H and O–H groups in total. The van der Waals surface area contributed by atoms with Crippen LogP contribution in [0.2, 0.25) is 0 Å². The summed E-state index contributed by atoms with van der Waals surface area (Å²) in [6, 6.07) is 0. The molecule has 0 heterocycles. The second-order valence-electron chi connectivity index (χ2n) is 1.82. The Hall–Kier alpha value is -1.06. The Bertz CT molecular complexity index is 134. The number of hydrogen-bond acceptors (Lipinski definition) is 4. The van der Waals surface area contributed by atoms with E-state index in [9.17, 15) is 4.79 Å². The van der Waals surface area contributed by atoms with Gasteiger partial charge in [0.1, 0.15) is 6.61 Å². The van der Waals surface area contributed by atoms with Gasteiger partial charge in [-0.25, -0.2) is 4.79 Å². The number of hydrogen-bond donors (Lipinski definition) is 0. The summed E-state index contributed by atoms with van der Waals surface area (Å²) in [5.41, 5.74) is 0. The van der Waals surface area contributed by atoms with Gasteiger partial charge >= 0.3 is 5.97 Å². The highest BCUT2D eigenvalue weighted by Gasteiger charge is 1.93. The van der Waals surface area contributed by atoms with Crippen molar-refractivity contribution < 1.29 is 14.4 Å². The number of oxime groups is 1. The zero-order valence-electron chi connectivity index (χ0n) is 6.87. The predicted octanol–water partition coefficient (Wildman–Crippen LogP) is 0.962. The summed E-state index contributed by atoms with van der Waals surface area (Å²) in [4.78, 5) is 15.2. The van der Waals surface area contributed by atoms with Crippen LogP contribution in [0.15, 0.2) is 5.16 Å². The molecule has 0 aliphatic heterocycles. The van der Waals surface area contributed by atoms with Crippen LogP contribution >= 0.6 is 0 Å². The number of esters is 1. The van der Waals surface area contributed by atoms with E-state index in [1.807, 2.05) is 6.92 Å². The Labute approximate surface area is 66.2 Å². The SMILES string of the molecule is CCCON=CC(=O)OCC. The van der Waals surface area contributed by atoms with Crippen LogP contribution in [0.25, 0.3) is 0 Å². The van der Waals surface area contributed by atoms with Crippen molar-refractivity contribution >= 4 is 12.2 Å². The Balaban J connectivity index is 3.32. The van der Waals surface area contributed by atoms with E-state index < -0.39 is 5.97 Å². The van der Waals surface area contributed by atoms with Crippen molar-refractivity contribution in [3.05, 3.63) is 0 Å². The molecule has 11 heavy (non-hydrogen) atoms. The average molecular weight is 159 g/mol. The minimum Gasteiger partial charge on any atom is -0.462 e. The van der Waals surface area contributed by atoms with Gasteiger partial charge in [-0.3, -0.25) is 0 Å². The second-order valence-corrected chi connectivity index (χ2v) is 1.82. The van der Waals surface area contributed by atoms with Gasteiger partial charge in [0, 0.05) is 0 Å². The summed E-state index contributed by atoms with van der Waals surface area (Å²) in [7, 11) is 0. The van der Waals surface area contributed by atoms with Crippen LogP contribution in [0.3, 0.4) is 0 Å². The minimum absolute atomic E-state index is 0.360. The van der Waals surface area contributed by atoms with E-state index in [1.165, 1.54) is 0 Å². The first-order valence-corrected chi connectivity index (χ1v) is 3.63. The third-order valence-electron chi connectivity index (χ3n) is 0.815. The van der Waals surface area contributed by atoms with Crippen molar-refractivity contribution in [2.75, 3.05) is 13.2 Å². The van der Waals surface area contributed by atoms with Crippen LogP contribution < -0.4 is 0 Å². The highest BCUT2D eigenvalue weighted by Crippen LogP contribution is 1.80. The van der Waals surface area contributed by atoms with E-state index >= 15 is 0 Å². The first-order chi connectivity index (χ1) is 5.31. The molecule has 0 saturated carbocycles. The fourth-order valence-corrected chi connectivity index (χ4v) is 0.404. The molecule has 0 radical (unpaired) electrons. The molecule has 0 aromatic rings. The van der Waals surface area contributed by atoms with E-state index in [4.69, 9.17) is 0 Å². The average Bonchev–Trinajstić information content (AvgIpc) is 1.99. The number of ether oxygens (including phenoxy) is 1. The normalized spacial score (nSPS) is 10.0. The van der Waals surface area contributed by atoms with Crippen molar-refractivity contribution in [2.24, 2.45) is 5.16 Å². The zero-order valence-corrected chi connectivity index (χ0v) is 6.87. The minimum atomic E-state index is -0.469. The molecule has 0 aliphatic rings. The van der Waals surface area contributed by atoms with Gasteiger partial charge in [0.15, 0.2) is 6.21 Å². The lowest BCUT2D eigenvalue weighted by Gasteiger charge is -1.94. The molecule has 4 heteroatoms. The Morgan fingerprint density at radius 1 is 1.55 bits per heavy atom. The topological polar surface area (TPSA) is 47.9 Å². The van der Waals surface area contributed by atoms with Gasteiger partial charge < -0.3 is 9.57 Å². The van der Waals surface area contributed by atoms with Crippen molar-refractivity contribution in [2.45, 2.75) is 20.3 Å². The van der Waals surface area contributed by atoms with Gasteiger partial charge in [0.25, 0.3) is 0 Å². The highest BCUT2D eigenvalue weighted by molar-refractivity contribution is 6.22. The first-order valence-electron chi connectivity index (χ1n) is 3.63. The lowest BCUT2D eigenvalue weighted by atomic mass is 10.5. The van der Waals surface area contributed by atoms with Crippen LogP contribution in [-0.4, -0.2) is 25.4 Å². The summed E-state index contributed by atoms with van der Waals surface area (Å²) in [6.45, 7) is 4.58. The molecule has 0 saturated heterocycles. The molecular formula is C7H13NO3. The molecule has 0 bridgehead atoms. The quantitative estimate of drug-likeness (QED) is 0.260. The maximum absolute atomic E-state index is 10.6. The van der Waals surface area contributed by atoms with Gasteiger partial charge in [0.2, 0.25) is 0 Å². The van der Waals surface area contributed by atoms with Crippen LogP contribution in [0.4, 0.5) is 0 Å². The third-order valence-corrected chi connectivity index (χ3v) is 0.815. The summed E-state index contributed by atoms with van der Waals surface area (Å²) >= 11 is 0. The largest absolute Gasteiger partial charge is 0.462 e. The molecule has 0 spiro atoms. The molecule has 0 amide bonds. The Kier molecular flexibility index (Phi) is 6.37. The zero-order chi connectivity index (χ0) is 8.53. The molecule has 4 nitrogen and oxygen atoms in total. The maximum Gasteiger partial charge on any atom is 0.352 e. The predicted molar refractivity (Wildman–Crippen MR) is 41.4 cm³/mol. The standard InChI is InChI=1S/C7H13NO3/c1-3-5-11-8-6-7(9)10-4-2/h6H,3-5H2,1-2H3. The number of carbonyl (C=O) groups is 1. The Morgan fingerprint density at radius 2 is 2.27 bits per heavy atom. The van der Waals surface area contributed by atoms with Crippen LogP contribution in [-0.2, 0) is 14.4 Å². The van der Waals surface area contributed by atoms with Gasteiger partial charge in [-0.05, 0) is 13.3 Å². The van der Waals surface area contributed by atoms with Crippen LogP contribution in [0.1, 0.15) is 20.3 Å². The first kappa shape index (κ1) is 9.94. The van der Waals surface area contributed by atoms with E-state index in [1.54, 1.807) is 6.92 Å². The molecule has 0 aliphatic carbocycles. The second kappa shape index (κ2) is 7.05. The molecular weight excluding hydrogens is 146 g/mol. The summed E-state index contributed by atoms with van der Waals surface area (Å²) < 4.78 is 4.55. The molecule has 64 valence electrons. The van der Waals surface area contributed by atoms with Crippen LogP contribution in [0, 0.1) is 0 Å². The molecule has 0 aromatic carbocycles. The number of rotatable bonds is 5. The summed E-state index contributed by atoms with van der Waals surface area (Å²) in [5.74, 6) is -0.469. The van der Waals surface area contributed by atoms with Crippen molar-refractivity contribution in [3.63, 3.8) is 0 Å². The van der Waals surface area contributed by atoms with Gasteiger partial charge in [-0.2, -0.15) is 0 Å². The van der Waals surface area contributed by atoms with Gasteiger partial charge in [-0.15, -0.1) is 0 Å². The summed E-state index contributed by atoms with van der Waals surface area (Å²) in [6.07, 6.45) is 1.90. The molecule has 0 unspecified atom stereocenters. The molecule has 0 aromatic heterocycles. The lowest BCUT2D eigenvalue weighted by Crippen LogP contribution is -2.05. The summed E-state index contributed by atoms with van der Waals surface area (Å²) in [5, 5.41) is 3.38. The highest BCUT2D eigenvalue weighted by atomic mass is 16.6. The lowest BCUT2D eigenvalue weighted by molar-refractivity contribution is -0.134. The molecule has 0 rings (SSSR count). The van der Waals surface area contributed by atoms with Crippen molar-refractivity contribution in [3.8, 4) is 0 Å².